The molecule has 0 bridgehead atoms. The quantitative estimate of drug-likeness (QED) is 0.700. The normalized spacial score (nSPS) is 18.6. The number of aryl methyl sites for hydroxylation is 1. The zero-order valence-corrected chi connectivity index (χ0v) is 14.7. The number of rotatable bonds is 4. The Kier molecular flexibility index (Phi) is 3.96. The summed E-state index contributed by atoms with van der Waals surface area (Å²) in [6.45, 7) is 0.513. The third-order valence-corrected chi connectivity index (χ3v) is 5.85. The van der Waals surface area contributed by atoms with Crippen LogP contribution in [0.5, 0.6) is 0 Å². The molecule has 1 fully saturated rings. The highest BCUT2D eigenvalue weighted by molar-refractivity contribution is 7.89. The van der Waals surface area contributed by atoms with Crippen molar-refractivity contribution in [2.45, 2.75) is 23.8 Å². The highest BCUT2D eigenvalue weighted by Gasteiger charge is 2.35. The second-order valence-electron chi connectivity index (χ2n) is 6.01. The Morgan fingerprint density at radius 2 is 2.12 bits per heavy atom. The van der Waals surface area contributed by atoms with Crippen LogP contribution in [-0.2, 0) is 21.9 Å². The minimum absolute atomic E-state index is 0.0679. The Labute approximate surface area is 148 Å². The average Bonchev–Trinajstić information content (AvgIpc) is 3.25. The zero-order chi connectivity index (χ0) is 18.3. The van der Waals surface area contributed by atoms with Crippen molar-refractivity contribution in [1.29, 1.82) is 0 Å². The molecule has 1 saturated heterocycles. The third-order valence-electron chi connectivity index (χ3n) is 4.35. The minimum atomic E-state index is -3.97. The van der Waals surface area contributed by atoms with E-state index in [2.05, 4.69) is 24.8 Å². The number of benzene rings is 1. The molecule has 0 saturated carbocycles. The smallest absolute Gasteiger partial charge is 0.246 e. The fourth-order valence-corrected chi connectivity index (χ4v) is 4.47. The van der Waals surface area contributed by atoms with E-state index < -0.39 is 16.1 Å². The first-order chi connectivity index (χ1) is 12.5. The molecule has 4 rings (SSSR count). The number of nitrogens with one attached hydrogen (secondary N) is 1. The molecule has 11 heteroatoms. The number of piperidine rings is 1. The molecule has 1 atom stereocenters. The monoisotopic (exact) mass is 376 g/mol. The third kappa shape index (κ3) is 2.74. The van der Waals surface area contributed by atoms with Gasteiger partial charge in [-0.2, -0.15) is 9.82 Å². The number of sulfonamides is 1. The van der Waals surface area contributed by atoms with Gasteiger partial charge < -0.3 is 0 Å². The molecule has 3 heterocycles. The van der Waals surface area contributed by atoms with Crippen LogP contribution < -0.4 is 9.62 Å². The van der Waals surface area contributed by atoms with Crippen LogP contribution in [0.2, 0.25) is 0 Å². The van der Waals surface area contributed by atoms with E-state index in [9.17, 15) is 13.2 Å². The Morgan fingerprint density at radius 3 is 2.88 bits per heavy atom. The fourth-order valence-electron chi connectivity index (χ4n) is 3.09. The number of carbonyl (C=O) groups excluding carboxylic acids is 1. The van der Waals surface area contributed by atoms with Crippen molar-refractivity contribution in [2.75, 3.05) is 11.4 Å². The molecular formula is C15H16N6O4S. The van der Waals surface area contributed by atoms with E-state index in [1.807, 2.05) is 0 Å². The van der Waals surface area contributed by atoms with E-state index in [1.54, 1.807) is 41.0 Å². The van der Waals surface area contributed by atoms with E-state index in [4.69, 9.17) is 0 Å². The second-order valence-corrected chi connectivity index (χ2v) is 7.69. The molecule has 136 valence electrons. The first-order valence-corrected chi connectivity index (χ1v) is 9.49. The van der Waals surface area contributed by atoms with Gasteiger partial charge in [0.1, 0.15) is 22.3 Å². The molecule has 3 aromatic rings. The molecule has 2 aromatic heterocycles. The average molecular weight is 376 g/mol. The Hall–Kier alpha value is -2.79. The lowest BCUT2D eigenvalue weighted by atomic mass is 10.1. The van der Waals surface area contributed by atoms with Crippen molar-refractivity contribution in [3.05, 3.63) is 30.5 Å². The van der Waals surface area contributed by atoms with Crippen molar-refractivity contribution in [1.82, 2.24) is 24.8 Å². The number of anilines is 1. The van der Waals surface area contributed by atoms with Gasteiger partial charge in [0.25, 0.3) is 0 Å². The maximum absolute atomic E-state index is 12.8. The van der Waals surface area contributed by atoms with Crippen LogP contribution in [0.1, 0.15) is 12.8 Å². The van der Waals surface area contributed by atoms with Gasteiger partial charge in [0.05, 0.1) is 6.20 Å². The molecular weight excluding hydrogens is 360 g/mol. The van der Waals surface area contributed by atoms with Crippen molar-refractivity contribution >= 4 is 32.8 Å². The van der Waals surface area contributed by atoms with Crippen LogP contribution in [0, 0.1) is 0 Å². The van der Waals surface area contributed by atoms with Gasteiger partial charge in [-0.15, -0.1) is 0 Å². The topological polar surface area (TPSA) is 123 Å². The van der Waals surface area contributed by atoms with Crippen LogP contribution >= 0.6 is 0 Å². The number of nitrogens with zero attached hydrogens (tertiary/aromatic N) is 5. The number of aromatic nitrogens is 4. The van der Waals surface area contributed by atoms with E-state index in [1.165, 1.54) is 6.07 Å². The number of carbonyl (C=O) groups is 1. The summed E-state index contributed by atoms with van der Waals surface area (Å²) in [7, 11) is -2.24. The fraction of sp³-hybridized carbons (Fsp3) is 0.333. The standard InChI is InChI=1S/C15H16N6O4S/c1-20-13(7-8-16-20)21-9-3-5-11(15(21)22)19-26(23,24)12-6-2-4-10-14(12)18-25-17-10/h2,4,6-8,11,19H,3,5,9H2,1H3/t11-/m0/s1. The van der Waals surface area contributed by atoms with Crippen molar-refractivity contribution in [2.24, 2.45) is 7.05 Å². The summed E-state index contributed by atoms with van der Waals surface area (Å²) >= 11 is 0. The van der Waals surface area contributed by atoms with Gasteiger partial charge in [0.15, 0.2) is 5.52 Å². The lowest BCUT2D eigenvalue weighted by Gasteiger charge is -2.32. The Morgan fingerprint density at radius 1 is 1.27 bits per heavy atom. The van der Waals surface area contributed by atoms with E-state index in [-0.39, 0.29) is 16.3 Å². The summed E-state index contributed by atoms with van der Waals surface area (Å²) < 4.78 is 34.3. The highest BCUT2D eigenvalue weighted by atomic mass is 32.2. The summed E-state index contributed by atoms with van der Waals surface area (Å²) in [5.74, 6) is 0.315. The maximum atomic E-state index is 12.8. The first-order valence-electron chi connectivity index (χ1n) is 8.00. The van der Waals surface area contributed by atoms with Gasteiger partial charge in [-0.3, -0.25) is 14.4 Å². The van der Waals surface area contributed by atoms with E-state index in [0.717, 1.165) is 0 Å². The van der Waals surface area contributed by atoms with Gasteiger partial charge in [0.2, 0.25) is 15.9 Å². The Balaban J connectivity index is 1.63. The van der Waals surface area contributed by atoms with Gasteiger partial charge >= 0.3 is 0 Å². The molecule has 1 aliphatic rings. The zero-order valence-electron chi connectivity index (χ0n) is 13.9. The number of hydrogen-bond acceptors (Lipinski definition) is 7. The van der Waals surface area contributed by atoms with Crippen molar-refractivity contribution < 1.29 is 17.8 Å². The van der Waals surface area contributed by atoms with Crippen LogP contribution in [0.4, 0.5) is 5.82 Å². The van der Waals surface area contributed by atoms with Crippen LogP contribution in [-0.4, -0.2) is 47.0 Å². The predicted molar refractivity (Wildman–Crippen MR) is 90.7 cm³/mol. The Bertz CT molecular complexity index is 1070. The largest absolute Gasteiger partial charge is 0.296 e. The number of fused-ring (bicyclic) bond motifs is 1. The van der Waals surface area contributed by atoms with Crippen LogP contribution in [0.25, 0.3) is 11.0 Å². The SMILES string of the molecule is Cn1nccc1N1CCC[C@H](NS(=O)(=O)c2cccc3nonc23)C1=O. The summed E-state index contributed by atoms with van der Waals surface area (Å²) in [6, 6.07) is 5.41. The second kappa shape index (κ2) is 6.18. The molecule has 0 aliphatic carbocycles. The maximum Gasteiger partial charge on any atom is 0.246 e. The van der Waals surface area contributed by atoms with Gasteiger partial charge in [-0.1, -0.05) is 6.07 Å². The molecule has 26 heavy (non-hydrogen) atoms. The van der Waals surface area contributed by atoms with E-state index in [0.29, 0.717) is 30.7 Å². The van der Waals surface area contributed by atoms with Crippen LogP contribution in [0.3, 0.4) is 0 Å². The van der Waals surface area contributed by atoms with E-state index >= 15 is 0 Å². The molecule has 1 N–H and O–H groups in total. The molecule has 10 nitrogen and oxygen atoms in total. The lowest BCUT2D eigenvalue weighted by Crippen LogP contribution is -2.52. The molecule has 1 aliphatic heterocycles. The summed E-state index contributed by atoms with van der Waals surface area (Å²) in [5.41, 5.74) is 0.464. The molecule has 1 amide bonds. The van der Waals surface area contributed by atoms with Gasteiger partial charge in [-0.25, -0.2) is 13.0 Å². The van der Waals surface area contributed by atoms with Crippen molar-refractivity contribution in [3.8, 4) is 0 Å². The molecule has 0 radical (unpaired) electrons. The molecule has 1 aromatic carbocycles. The summed E-state index contributed by atoms with van der Waals surface area (Å²) in [5, 5.41) is 11.4. The van der Waals surface area contributed by atoms with Crippen molar-refractivity contribution in [3.63, 3.8) is 0 Å². The molecule has 0 unspecified atom stereocenters. The highest BCUT2D eigenvalue weighted by Crippen LogP contribution is 2.23. The number of amides is 1. The number of hydrogen-bond donors (Lipinski definition) is 1. The van der Waals surface area contributed by atoms with Gasteiger partial charge in [-0.05, 0) is 35.3 Å². The summed E-state index contributed by atoms with van der Waals surface area (Å²) in [4.78, 5) is 14.3. The van der Waals surface area contributed by atoms with Crippen LogP contribution in [0.15, 0.2) is 40.0 Å². The molecule has 0 spiro atoms. The minimum Gasteiger partial charge on any atom is -0.296 e. The first kappa shape index (κ1) is 16.7. The lowest BCUT2D eigenvalue weighted by molar-refractivity contribution is -0.121. The predicted octanol–water partition coefficient (Wildman–Crippen LogP) is 0.430. The van der Waals surface area contributed by atoms with Gasteiger partial charge in [0, 0.05) is 19.7 Å². The summed E-state index contributed by atoms with van der Waals surface area (Å²) in [6.07, 6.45) is 2.67.